The second-order valence-electron chi connectivity index (χ2n) is 5.19. The minimum atomic E-state index is 0.0835. The molecule has 0 radical (unpaired) electrons. The van der Waals surface area contributed by atoms with Crippen LogP contribution in [-0.4, -0.2) is 28.9 Å². The number of hydrogen-bond donors (Lipinski definition) is 2. The number of nitrogens with two attached hydrogens (primary N) is 1. The molecule has 1 aliphatic heterocycles. The van der Waals surface area contributed by atoms with Gasteiger partial charge in [-0.25, -0.2) is 10.8 Å². The Morgan fingerprint density at radius 1 is 1.58 bits per heavy atom. The third-order valence-electron chi connectivity index (χ3n) is 3.73. The van der Waals surface area contributed by atoms with Crippen LogP contribution in [0.1, 0.15) is 42.2 Å². The monoisotopic (exact) mass is 262 g/mol. The van der Waals surface area contributed by atoms with Crippen LogP contribution in [0, 0.1) is 12.8 Å². The van der Waals surface area contributed by atoms with E-state index in [1.54, 1.807) is 6.07 Å². The molecule has 1 aliphatic rings. The highest BCUT2D eigenvalue weighted by atomic mass is 16.2. The van der Waals surface area contributed by atoms with Gasteiger partial charge in [0.05, 0.1) is 0 Å². The second kappa shape index (κ2) is 6.02. The zero-order valence-corrected chi connectivity index (χ0v) is 11.6. The fraction of sp³-hybridized carbons (Fsp3) is 0.571. The molecule has 5 nitrogen and oxygen atoms in total. The number of aromatic nitrogens is 1. The molecule has 2 rings (SSSR count). The summed E-state index contributed by atoms with van der Waals surface area (Å²) < 4.78 is 0. The topological polar surface area (TPSA) is 71.2 Å². The molecule has 0 bridgehead atoms. The summed E-state index contributed by atoms with van der Waals surface area (Å²) in [5.74, 6) is 6.62. The van der Waals surface area contributed by atoms with Crippen LogP contribution in [0.25, 0.3) is 0 Å². The lowest BCUT2D eigenvalue weighted by Crippen LogP contribution is -2.39. The summed E-state index contributed by atoms with van der Waals surface area (Å²) >= 11 is 0. The van der Waals surface area contributed by atoms with Gasteiger partial charge in [0.1, 0.15) is 5.82 Å². The molecule has 1 saturated heterocycles. The number of hydrogen-bond acceptors (Lipinski definition) is 4. The van der Waals surface area contributed by atoms with Crippen LogP contribution in [0.3, 0.4) is 0 Å². The minimum absolute atomic E-state index is 0.0835. The summed E-state index contributed by atoms with van der Waals surface area (Å²) in [5, 5.41) is 0. The third-order valence-corrected chi connectivity index (χ3v) is 3.73. The molecule has 1 fully saturated rings. The summed E-state index contributed by atoms with van der Waals surface area (Å²) in [6, 6.07) is 3.53. The third kappa shape index (κ3) is 3.23. The van der Waals surface area contributed by atoms with Crippen molar-refractivity contribution in [1.29, 1.82) is 0 Å². The van der Waals surface area contributed by atoms with Gasteiger partial charge < -0.3 is 10.3 Å². The van der Waals surface area contributed by atoms with Crippen LogP contribution in [0.5, 0.6) is 0 Å². The smallest absolute Gasteiger partial charge is 0.254 e. The molecule has 104 valence electrons. The normalized spacial score (nSPS) is 19.3. The van der Waals surface area contributed by atoms with E-state index >= 15 is 0 Å². The molecule has 0 aliphatic carbocycles. The van der Waals surface area contributed by atoms with Crippen molar-refractivity contribution in [2.45, 2.75) is 33.1 Å². The van der Waals surface area contributed by atoms with E-state index in [2.05, 4.69) is 17.3 Å². The van der Waals surface area contributed by atoms with Crippen molar-refractivity contribution in [3.8, 4) is 0 Å². The first kappa shape index (κ1) is 13.8. The maximum Gasteiger partial charge on any atom is 0.254 e. The first-order valence-corrected chi connectivity index (χ1v) is 6.88. The van der Waals surface area contributed by atoms with Gasteiger partial charge in [0, 0.05) is 24.3 Å². The van der Waals surface area contributed by atoms with Crippen LogP contribution in [0.2, 0.25) is 0 Å². The van der Waals surface area contributed by atoms with E-state index in [-0.39, 0.29) is 5.91 Å². The molecule has 1 unspecified atom stereocenters. The predicted octanol–water partition coefficient (Wildman–Crippen LogP) is 1.94. The maximum absolute atomic E-state index is 12.5. The fourth-order valence-electron chi connectivity index (χ4n) is 2.63. The highest BCUT2D eigenvalue weighted by molar-refractivity contribution is 5.95. The first-order chi connectivity index (χ1) is 9.13. The van der Waals surface area contributed by atoms with Gasteiger partial charge in [-0.15, -0.1) is 0 Å². The number of carbonyl (C=O) groups excluding carboxylic acids is 1. The van der Waals surface area contributed by atoms with Crippen LogP contribution in [0.4, 0.5) is 5.82 Å². The van der Waals surface area contributed by atoms with Crippen molar-refractivity contribution >= 4 is 11.7 Å². The Morgan fingerprint density at radius 3 is 3.05 bits per heavy atom. The van der Waals surface area contributed by atoms with Crippen molar-refractivity contribution in [3.63, 3.8) is 0 Å². The number of nitrogens with zero attached hydrogens (tertiary/aromatic N) is 2. The number of pyridine rings is 1. The minimum Gasteiger partial charge on any atom is -0.338 e. The first-order valence-electron chi connectivity index (χ1n) is 6.88. The number of carbonyl (C=O) groups is 1. The molecular weight excluding hydrogens is 240 g/mol. The van der Waals surface area contributed by atoms with Gasteiger partial charge in [0.2, 0.25) is 0 Å². The predicted molar refractivity (Wildman–Crippen MR) is 75.7 cm³/mol. The highest BCUT2D eigenvalue weighted by Gasteiger charge is 2.23. The Bertz CT molecular complexity index is 461. The van der Waals surface area contributed by atoms with E-state index in [1.165, 1.54) is 6.42 Å². The standard InChI is InChI=1S/C14H22N4O/c1-3-11-5-4-6-18(9-11)14(19)12-7-10(2)16-13(8-12)17-15/h7-8,11H,3-6,9,15H2,1-2H3,(H,16,17). The zero-order chi connectivity index (χ0) is 13.8. The zero-order valence-electron chi connectivity index (χ0n) is 11.6. The average Bonchev–Trinajstić information content (AvgIpc) is 2.45. The van der Waals surface area contributed by atoms with Crippen LogP contribution in [0.15, 0.2) is 12.1 Å². The number of anilines is 1. The lowest BCUT2D eigenvalue weighted by molar-refractivity contribution is 0.0671. The number of rotatable bonds is 3. The fourth-order valence-corrected chi connectivity index (χ4v) is 2.63. The van der Waals surface area contributed by atoms with Crippen molar-refractivity contribution in [2.75, 3.05) is 18.5 Å². The van der Waals surface area contributed by atoms with E-state index < -0.39 is 0 Å². The Labute approximate surface area is 114 Å². The van der Waals surface area contributed by atoms with E-state index in [9.17, 15) is 4.79 Å². The molecule has 1 aromatic rings. The average molecular weight is 262 g/mol. The lowest BCUT2D eigenvalue weighted by Gasteiger charge is -2.32. The van der Waals surface area contributed by atoms with Gasteiger partial charge in [-0.05, 0) is 37.8 Å². The molecule has 5 heteroatoms. The van der Waals surface area contributed by atoms with Crippen molar-refractivity contribution in [3.05, 3.63) is 23.4 Å². The molecule has 1 amide bonds. The van der Waals surface area contributed by atoms with Crippen molar-refractivity contribution in [1.82, 2.24) is 9.88 Å². The molecule has 0 spiro atoms. The van der Waals surface area contributed by atoms with E-state index in [0.29, 0.717) is 17.3 Å². The van der Waals surface area contributed by atoms with Gasteiger partial charge in [0.15, 0.2) is 0 Å². The highest BCUT2D eigenvalue weighted by Crippen LogP contribution is 2.21. The quantitative estimate of drug-likeness (QED) is 0.645. The number of amides is 1. The van der Waals surface area contributed by atoms with Gasteiger partial charge in [0.25, 0.3) is 5.91 Å². The number of nitrogens with one attached hydrogen (secondary N) is 1. The number of likely N-dealkylation sites (tertiary alicyclic amines) is 1. The number of piperidine rings is 1. The summed E-state index contributed by atoms with van der Waals surface area (Å²) in [4.78, 5) is 18.7. The number of hydrazine groups is 1. The number of nitrogen functional groups attached to an aromatic ring is 1. The molecule has 1 atom stereocenters. The van der Waals surface area contributed by atoms with Crippen LogP contribution in [-0.2, 0) is 0 Å². The number of aryl methyl sites for hydroxylation is 1. The van der Waals surface area contributed by atoms with E-state index in [1.807, 2.05) is 17.9 Å². The SMILES string of the molecule is CCC1CCCN(C(=O)c2cc(C)nc(NN)c2)C1. The Kier molecular flexibility index (Phi) is 4.37. The second-order valence-corrected chi connectivity index (χ2v) is 5.19. The summed E-state index contributed by atoms with van der Waals surface area (Å²) in [6.45, 7) is 5.76. The molecule has 1 aromatic heterocycles. The molecule has 3 N–H and O–H groups in total. The lowest BCUT2D eigenvalue weighted by atomic mass is 9.95. The maximum atomic E-state index is 12.5. The van der Waals surface area contributed by atoms with E-state index in [0.717, 1.165) is 31.6 Å². The molecule has 19 heavy (non-hydrogen) atoms. The van der Waals surface area contributed by atoms with E-state index in [4.69, 9.17) is 5.84 Å². The molecule has 0 saturated carbocycles. The van der Waals surface area contributed by atoms with Crippen molar-refractivity contribution in [2.24, 2.45) is 11.8 Å². The van der Waals surface area contributed by atoms with Crippen LogP contribution >= 0.6 is 0 Å². The summed E-state index contributed by atoms with van der Waals surface area (Å²) in [7, 11) is 0. The Hall–Kier alpha value is -1.62. The van der Waals surface area contributed by atoms with Crippen molar-refractivity contribution < 1.29 is 4.79 Å². The van der Waals surface area contributed by atoms with Gasteiger partial charge >= 0.3 is 0 Å². The van der Waals surface area contributed by atoms with Gasteiger partial charge in [-0.3, -0.25) is 4.79 Å². The Balaban J connectivity index is 2.16. The molecule has 2 heterocycles. The van der Waals surface area contributed by atoms with Gasteiger partial charge in [-0.1, -0.05) is 13.3 Å². The Morgan fingerprint density at radius 2 is 2.37 bits per heavy atom. The summed E-state index contributed by atoms with van der Waals surface area (Å²) in [5.41, 5.74) is 3.96. The van der Waals surface area contributed by atoms with Gasteiger partial charge in [-0.2, -0.15) is 0 Å². The largest absolute Gasteiger partial charge is 0.338 e. The van der Waals surface area contributed by atoms with Crippen LogP contribution < -0.4 is 11.3 Å². The molecule has 0 aromatic carbocycles. The molecular formula is C14H22N4O. The summed E-state index contributed by atoms with van der Waals surface area (Å²) in [6.07, 6.45) is 3.45.